The Labute approximate surface area is 198 Å². The largest absolute Gasteiger partial charge is 0.493 e. The molecular formula is C26H30N2O6. The molecule has 0 amide bonds. The fourth-order valence-electron chi connectivity index (χ4n) is 4.40. The van der Waals surface area contributed by atoms with Crippen LogP contribution in [0.3, 0.4) is 0 Å². The Morgan fingerprint density at radius 3 is 2.56 bits per heavy atom. The molecule has 3 aromatic rings. The van der Waals surface area contributed by atoms with Crippen LogP contribution in [-0.4, -0.2) is 67.8 Å². The number of para-hydroxylation sites is 1. The van der Waals surface area contributed by atoms with Crippen molar-refractivity contribution in [2.75, 3.05) is 40.5 Å². The molecule has 1 aromatic heterocycles. The lowest BCUT2D eigenvalue weighted by molar-refractivity contribution is -0.0506. The second-order valence-corrected chi connectivity index (χ2v) is 8.33. The van der Waals surface area contributed by atoms with Gasteiger partial charge in [0.15, 0.2) is 17.3 Å². The summed E-state index contributed by atoms with van der Waals surface area (Å²) in [7, 11) is 3.06. The van der Waals surface area contributed by atoms with Gasteiger partial charge in [0.05, 0.1) is 31.9 Å². The molecule has 0 aliphatic carbocycles. The predicted octanol–water partition coefficient (Wildman–Crippen LogP) is 3.80. The van der Waals surface area contributed by atoms with Crippen molar-refractivity contribution in [2.24, 2.45) is 0 Å². The Balaban J connectivity index is 1.49. The average Bonchev–Trinajstić information content (AvgIpc) is 3.20. The van der Waals surface area contributed by atoms with Gasteiger partial charge in [0.1, 0.15) is 12.7 Å². The summed E-state index contributed by atoms with van der Waals surface area (Å²) in [4.78, 5) is 26.5. The number of hydrogen-bond acceptors (Lipinski definition) is 7. The molecule has 1 aliphatic heterocycles. The molecule has 0 N–H and O–H groups in total. The standard InChI is InChI=1S/C26H30N2O6/c1-17(29)21-9-10-24(31-3)26(32-4)25(21)34-16-20-15-27(11-12-33-20)13-19-14-28(18(2)30)23-8-6-5-7-22(19)23/h5-10,14,20H,11-13,15-16H2,1-4H3. The van der Waals surface area contributed by atoms with E-state index in [1.807, 2.05) is 30.5 Å². The third-order valence-corrected chi connectivity index (χ3v) is 6.04. The summed E-state index contributed by atoms with van der Waals surface area (Å²) in [6, 6.07) is 11.3. The van der Waals surface area contributed by atoms with E-state index in [2.05, 4.69) is 4.90 Å². The van der Waals surface area contributed by atoms with Gasteiger partial charge in [-0.25, -0.2) is 0 Å². The van der Waals surface area contributed by atoms with E-state index in [0.717, 1.165) is 23.0 Å². The van der Waals surface area contributed by atoms with Gasteiger partial charge in [-0.05, 0) is 30.7 Å². The Kier molecular flexibility index (Phi) is 7.19. The maximum atomic E-state index is 12.2. The monoisotopic (exact) mass is 466 g/mol. The number of ketones is 1. The van der Waals surface area contributed by atoms with Gasteiger partial charge in [-0.2, -0.15) is 0 Å². The highest BCUT2D eigenvalue weighted by Gasteiger charge is 2.25. The molecule has 34 heavy (non-hydrogen) atoms. The first-order chi connectivity index (χ1) is 16.4. The van der Waals surface area contributed by atoms with Crippen LogP contribution in [-0.2, 0) is 11.3 Å². The quantitative estimate of drug-likeness (QED) is 0.467. The Bertz CT molecular complexity index is 1200. The maximum Gasteiger partial charge on any atom is 0.227 e. The van der Waals surface area contributed by atoms with Crippen LogP contribution in [0.25, 0.3) is 10.9 Å². The first kappa shape index (κ1) is 23.8. The molecule has 4 rings (SSSR count). The van der Waals surface area contributed by atoms with Gasteiger partial charge in [0, 0.05) is 38.1 Å². The molecule has 0 spiro atoms. The molecule has 8 nitrogen and oxygen atoms in total. The Morgan fingerprint density at radius 1 is 1.06 bits per heavy atom. The number of nitrogens with zero attached hydrogens (tertiary/aromatic N) is 2. The van der Waals surface area contributed by atoms with E-state index in [4.69, 9.17) is 18.9 Å². The van der Waals surface area contributed by atoms with Gasteiger partial charge in [0.25, 0.3) is 0 Å². The molecule has 0 bridgehead atoms. The lowest BCUT2D eigenvalue weighted by atomic mass is 10.1. The summed E-state index contributed by atoms with van der Waals surface area (Å²) in [5, 5.41) is 1.07. The molecular weight excluding hydrogens is 436 g/mol. The lowest BCUT2D eigenvalue weighted by Crippen LogP contribution is -2.44. The number of methoxy groups -OCH3 is 2. The van der Waals surface area contributed by atoms with E-state index < -0.39 is 0 Å². The topological polar surface area (TPSA) is 79.2 Å². The Morgan fingerprint density at radius 2 is 1.85 bits per heavy atom. The van der Waals surface area contributed by atoms with Crippen molar-refractivity contribution in [3.8, 4) is 17.2 Å². The minimum atomic E-state index is -0.189. The van der Waals surface area contributed by atoms with E-state index in [0.29, 0.717) is 42.5 Å². The van der Waals surface area contributed by atoms with Gasteiger partial charge in [-0.1, -0.05) is 18.2 Å². The summed E-state index contributed by atoms with van der Waals surface area (Å²) in [5.41, 5.74) is 2.45. The van der Waals surface area contributed by atoms with Crippen LogP contribution in [0.1, 0.15) is 34.6 Å². The zero-order valence-electron chi connectivity index (χ0n) is 20.0. The first-order valence-corrected chi connectivity index (χ1v) is 11.3. The van der Waals surface area contributed by atoms with Crippen LogP contribution >= 0.6 is 0 Å². The van der Waals surface area contributed by atoms with E-state index in [-0.39, 0.29) is 24.4 Å². The van der Waals surface area contributed by atoms with Crippen molar-refractivity contribution in [3.63, 3.8) is 0 Å². The molecule has 0 radical (unpaired) electrons. The van der Waals surface area contributed by atoms with Crippen molar-refractivity contribution < 1.29 is 28.5 Å². The molecule has 1 atom stereocenters. The summed E-state index contributed by atoms with van der Waals surface area (Å²) >= 11 is 0. The van der Waals surface area contributed by atoms with Crippen LogP contribution in [0, 0.1) is 0 Å². The molecule has 1 saturated heterocycles. The second kappa shape index (κ2) is 10.3. The van der Waals surface area contributed by atoms with Crippen LogP contribution in [0.4, 0.5) is 0 Å². The number of hydrogen-bond donors (Lipinski definition) is 0. The number of carbonyl (C=O) groups is 2. The fourth-order valence-corrected chi connectivity index (χ4v) is 4.40. The van der Waals surface area contributed by atoms with Crippen LogP contribution < -0.4 is 14.2 Å². The fraction of sp³-hybridized carbons (Fsp3) is 0.385. The number of Topliss-reactive ketones (excluding diaryl/α,β-unsaturated/α-hetero) is 1. The zero-order chi connectivity index (χ0) is 24.2. The van der Waals surface area contributed by atoms with Crippen molar-refractivity contribution in [1.82, 2.24) is 9.47 Å². The van der Waals surface area contributed by atoms with Crippen molar-refractivity contribution in [1.29, 1.82) is 0 Å². The van der Waals surface area contributed by atoms with Gasteiger partial charge < -0.3 is 18.9 Å². The van der Waals surface area contributed by atoms with Crippen LogP contribution in [0.5, 0.6) is 17.2 Å². The Hall–Kier alpha value is -3.36. The highest BCUT2D eigenvalue weighted by Crippen LogP contribution is 2.40. The van der Waals surface area contributed by atoms with E-state index >= 15 is 0 Å². The smallest absolute Gasteiger partial charge is 0.227 e. The molecule has 1 aliphatic rings. The van der Waals surface area contributed by atoms with Crippen molar-refractivity contribution in [2.45, 2.75) is 26.5 Å². The first-order valence-electron chi connectivity index (χ1n) is 11.3. The molecule has 2 aromatic carbocycles. The molecule has 0 saturated carbocycles. The number of benzene rings is 2. The zero-order valence-corrected chi connectivity index (χ0v) is 20.0. The van der Waals surface area contributed by atoms with E-state index in [1.54, 1.807) is 30.7 Å². The maximum absolute atomic E-state index is 12.2. The minimum Gasteiger partial charge on any atom is -0.493 e. The summed E-state index contributed by atoms with van der Waals surface area (Å²) in [5.74, 6) is 1.11. The third kappa shape index (κ3) is 4.78. The third-order valence-electron chi connectivity index (χ3n) is 6.04. The molecule has 8 heteroatoms. The normalized spacial score (nSPS) is 16.4. The van der Waals surface area contributed by atoms with Crippen LogP contribution in [0.2, 0.25) is 0 Å². The number of rotatable bonds is 8. The number of fused-ring (bicyclic) bond motifs is 1. The number of carbonyl (C=O) groups excluding carboxylic acids is 2. The van der Waals surface area contributed by atoms with Crippen LogP contribution in [0.15, 0.2) is 42.6 Å². The highest BCUT2D eigenvalue weighted by atomic mass is 16.6. The molecule has 1 unspecified atom stereocenters. The van der Waals surface area contributed by atoms with Gasteiger partial charge >= 0.3 is 0 Å². The molecule has 180 valence electrons. The number of ether oxygens (including phenoxy) is 4. The minimum absolute atomic E-state index is 0.00999. The highest BCUT2D eigenvalue weighted by molar-refractivity contribution is 5.98. The van der Waals surface area contributed by atoms with Gasteiger partial charge in [0.2, 0.25) is 11.7 Å². The van der Waals surface area contributed by atoms with Crippen molar-refractivity contribution >= 4 is 22.6 Å². The summed E-state index contributed by atoms with van der Waals surface area (Å²) < 4.78 is 24.6. The predicted molar refractivity (Wildman–Crippen MR) is 128 cm³/mol. The average molecular weight is 467 g/mol. The summed E-state index contributed by atoms with van der Waals surface area (Å²) in [6.45, 7) is 6.01. The summed E-state index contributed by atoms with van der Waals surface area (Å²) in [6.07, 6.45) is 1.74. The number of morpholine rings is 1. The van der Waals surface area contributed by atoms with Crippen molar-refractivity contribution in [3.05, 3.63) is 53.7 Å². The van der Waals surface area contributed by atoms with Gasteiger partial charge in [-0.3, -0.25) is 19.1 Å². The molecule has 1 fully saturated rings. The lowest BCUT2D eigenvalue weighted by Gasteiger charge is -2.33. The van der Waals surface area contributed by atoms with E-state index in [9.17, 15) is 9.59 Å². The SMILES string of the molecule is COc1ccc(C(C)=O)c(OCC2CN(Cc3cn(C(C)=O)c4ccccc34)CCO2)c1OC. The molecule has 2 heterocycles. The van der Waals surface area contributed by atoms with E-state index in [1.165, 1.54) is 14.0 Å². The second-order valence-electron chi connectivity index (χ2n) is 8.33. The van der Waals surface area contributed by atoms with Gasteiger partial charge in [-0.15, -0.1) is 0 Å². The number of aromatic nitrogens is 1.